The standard InChI is InChI=1S/C14H18FN3O3/c1-8(19)17-12-6-9(2-4-11(12)15)18-14(20)13-5-3-10(7-16)21-13/h2,4,6,10,13H,3,5,7,16H2,1H3,(H,17,19)(H,18,20)/t10-,13+/m1/s1. The predicted octanol–water partition coefficient (Wildman–Crippen LogP) is 1.23. The van der Waals surface area contributed by atoms with E-state index < -0.39 is 11.9 Å². The summed E-state index contributed by atoms with van der Waals surface area (Å²) in [5.74, 6) is -1.25. The molecule has 0 unspecified atom stereocenters. The van der Waals surface area contributed by atoms with Gasteiger partial charge in [-0.3, -0.25) is 9.59 Å². The molecule has 4 N–H and O–H groups in total. The third-order valence-corrected chi connectivity index (χ3v) is 3.21. The Kier molecular flexibility index (Phi) is 4.87. The SMILES string of the molecule is CC(=O)Nc1cc(NC(=O)[C@@H]2CC[C@H](CN)O2)ccc1F. The molecule has 0 bridgehead atoms. The van der Waals surface area contributed by atoms with Crippen LogP contribution in [-0.2, 0) is 14.3 Å². The minimum absolute atomic E-state index is 0.0208. The molecule has 1 fully saturated rings. The third kappa shape index (κ3) is 3.99. The molecule has 0 spiro atoms. The van der Waals surface area contributed by atoms with Crippen molar-refractivity contribution in [1.82, 2.24) is 0 Å². The quantitative estimate of drug-likeness (QED) is 0.779. The Hall–Kier alpha value is -1.99. The molecule has 2 amide bonds. The number of carbonyl (C=O) groups excluding carboxylic acids is 2. The van der Waals surface area contributed by atoms with Crippen LogP contribution in [0, 0.1) is 5.82 Å². The van der Waals surface area contributed by atoms with Gasteiger partial charge in [0.15, 0.2) is 0 Å². The van der Waals surface area contributed by atoms with E-state index in [1.54, 1.807) is 0 Å². The molecular formula is C14H18FN3O3. The van der Waals surface area contributed by atoms with Crippen molar-refractivity contribution in [3.63, 3.8) is 0 Å². The summed E-state index contributed by atoms with van der Waals surface area (Å²) in [5, 5.41) is 5.01. The van der Waals surface area contributed by atoms with Crippen LogP contribution in [0.1, 0.15) is 19.8 Å². The average molecular weight is 295 g/mol. The number of rotatable bonds is 4. The van der Waals surface area contributed by atoms with Gasteiger partial charge in [0, 0.05) is 19.2 Å². The number of nitrogens with one attached hydrogen (secondary N) is 2. The summed E-state index contributed by atoms with van der Waals surface area (Å²) in [7, 11) is 0. The highest BCUT2D eigenvalue weighted by atomic mass is 19.1. The first-order chi connectivity index (χ1) is 9.99. The first kappa shape index (κ1) is 15.4. The van der Waals surface area contributed by atoms with Crippen LogP contribution in [0.4, 0.5) is 15.8 Å². The Morgan fingerprint density at radius 1 is 1.38 bits per heavy atom. The summed E-state index contributed by atoms with van der Waals surface area (Å²) in [4.78, 5) is 23.0. The van der Waals surface area contributed by atoms with Gasteiger partial charge in [0.2, 0.25) is 5.91 Å². The van der Waals surface area contributed by atoms with Gasteiger partial charge < -0.3 is 21.1 Å². The number of anilines is 2. The normalized spacial score (nSPS) is 21.1. The number of carbonyl (C=O) groups is 2. The lowest BCUT2D eigenvalue weighted by atomic mass is 10.2. The maximum Gasteiger partial charge on any atom is 0.253 e. The van der Waals surface area contributed by atoms with E-state index in [4.69, 9.17) is 10.5 Å². The number of hydrogen-bond acceptors (Lipinski definition) is 4. The number of amides is 2. The fourth-order valence-corrected chi connectivity index (χ4v) is 2.18. The van der Waals surface area contributed by atoms with Crippen LogP contribution in [0.2, 0.25) is 0 Å². The molecule has 1 aliphatic heterocycles. The highest BCUT2D eigenvalue weighted by Gasteiger charge is 2.29. The molecule has 1 saturated heterocycles. The average Bonchev–Trinajstić information content (AvgIpc) is 2.91. The maximum absolute atomic E-state index is 13.5. The molecule has 2 rings (SSSR count). The number of hydrogen-bond donors (Lipinski definition) is 3. The third-order valence-electron chi connectivity index (χ3n) is 3.21. The Labute approximate surface area is 121 Å². The van der Waals surface area contributed by atoms with Gasteiger partial charge in [0.05, 0.1) is 11.8 Å². The monoisotopic (exact) mass is 295 g/mol. The van der Waals surface area contributed by atoms with Crippen molar-refractivity contribution in [1.29, 1.82) is 0 Å². The summed E-state index contributed by atoms with van der Waals surface area (Å²) < 4.78 is 19.0. The summed E-state index contributed by atoms with van der Waals surface area (Å²) in [6, 6.07) is 3.97. The van der Waals surface area contributed by atoms with Gasteiger partial charge in [0.1, 0.15) is 11.9 Å². The number of halogens is 1. The van der Waals surface area contributed by atoms with Crippen molar-refractivity contribution in [2.45, 2.75) is 32.0 Å². The second kappa shape index (κ2) is 6.64. The number of benzene rings is 1. The minimum atomic E-state index is -0.566. The molecule has 1 aromatic carbocycles. The molecule has 6 nitrogen and oxygen atoms in total. The van der Waals surface area contributed by atoms with Crippen LogP contribution in [0.25, 0.3) is 0 Å². The van der Waals surface area contributed by atoms with Crippen molar-refractivity contribution in [3.05, 3.63) is 24.0 Å². The van der Waals surface area contributed by atoms with Crippen molar-refractivity contribution in [2.75, 3.05) is 17.2 Å². The zero-order valence-electron chi connectivity index (χ0n) is 11.7. The lowest BCUT2D eigenvalue weighted by molar-refractivity contribution is -0.126. The van der Waals surface area contributed by atoms with Crippen molar-refractivity contribution < 1.29 is 18.7 Å². The van der Waals surface area contributed by atoms with Gasteiger partial charge in [0.25, 0.3) is 5.91 Å². The van der Waals surface area contributed by atoms with E-state index in [2.05, 4.69) is 10.6 Å². The van der Waals surface area contributed by atoms with E-state index in [9.17, 15) is 14.0 Å². The molecule has 1 aromatic rings. The predicted molar refractivity (Wildman–Crippen MR) is 76.3 cm³/mol. The summed E-state index contributed by atoms with van der Waals surface area (Å²) in [6.07, 6.45) is 0.708. The lowest BCUT2D eigenvalue weighted by Gasteiger charge is -2.13. The molecular weight excluding hydrogens is 277 g/mol. The number of nitrogens with two attached hydrogens (primary N) is 1. The molecule has 0 saturated carbocycles. The van der Waals surface area contributed by atoms with Crippen LogP contribution in [0.15, 0.2) is 18.2 Å². The van der Waals surface area contributed by atoms with Crippen LogP contribution in [0.3, 0.4) is 0 Å². The van der Waals surface area contributed by atoms with E-state index in [-0.39, 0.29) is 23.6 Å². The minimum Gasteiger partial charge on any atom is -0.364 e. The number of ether oxygens (including phenoxy) is 1. The lowest BCUT2D eigenvalue weighted by Crippen LogP contribution is -2.29. The van der Waals surface area contributed by atoms with Crippen LogP contribution >= 0.6 is 0 Å². The summed E-state index contributed by atoms with van der Waals surface area (Å²) in [6.45, 7) is 1.66. The zero-order valence-corrected chi connectivity index (χ0v) is 11.7. The van der Waals surface area contributed by atoms with Gasteiger partial charge in [-0.15, -0.1) is 0 Å². The van der Waals surface area contributed by atoms with E-state index in [0.29, 0.717) is 18.7 Å². The van der Waals surface area contributed by atoms with Crippen LogP contribution in [-0.4, -0.2) is 30.6 Å². The highest BCUT2D eigenvalue weighted by molar-refractivity contribution is 5.95. The second-order valence-corrected chi connectivity index (χ2v) is 4.92. The van der Waals surface area contributed by atoms with E-state index in [1.807, 2.05) is 0 Å². The summed E-state index contributed by atoms with van der Waals surface area (Å²) >= 11 is 0. The van der Waals surface area contributed by atoms with Crippen molar-refractivity contribution in [3.8, 4) is 0 Å². The molecule has 0 aliphatic carbocycles. The van der Waals surface area contributed by atoms with E-state index in [1.165, 1.54) is 25.1 Å². The fraction of sp³-hybridized carbons (Fsp3) is 0.429. The molecule has 7 heteroatoms. The molecule has 1 aliphatic rings. The van der Waals surface area contributed by atoms with E-state index >= 15 is 0 Å². The smallest absolute Gasteiger partial charge is 0.253 e. The van der Waals surface area contributed by atoms with Gasteiger partial charge in [-0.05, 0) is 31.0 Å². The van der Waals surface area contributed by atoms with Crippen molar-refractivity contribution >= 4 is 23.2 Å². The first-order valence-corrected chi connectivity index (χ1v) is 6.73. The first-order valence-electron chi connectivity index (χ1n) is 6.73. The zero-order chi connectivity index (χ0) is 15.4. The van der Waals surface area contributed by atoms with Gasteiger partial charge in [-0.2, -0.15) is 0 Å². The molecule has 0 aromatic heterocycles. The topological polar surface area (TPSA) is 93.5 Å². The Morgan fingerprint density at radius 3 is 2.76 bits per heavy atom. The Morgan fingerprint density at radius 2 is 2.14 bits per heavy atom. The van der Waals surface area contributed by atoms with E-state index in [0.717, 1.165) is 6.42 Å². The molecule has 1 heterocycles. The van der Waals surface area contributed by atoms with Gasteiger partial charge in [-0.25, -0.2) is 4.39 Å². The largest absolute Gasteiger partial charge is 0.364 e. The molecule has 114 valence electrons. The van der Waals surface area contributed by atoms with Gasteiger partial charge >= 0.3 is 0 Å². The molecule has 2 atom stereocenters. The maximum atomic E-state index is 13.5. The highest BCUT2D eigenvalue weighted by Crippen LogP contribution is 2.23. The molecule has 0 radical (unpaired) electrons. The van der Waals surface area contributed by atoms with Crippen molar-refractivity contribution in [2.24, 2.45) is 5.73 Å². The molecule has 21 heavy (non-hydrogen) atoms. The second-order valence-electron chi connectivity index (χ2n) is 4.92. The van der Waals surface area contributed by atoms with Crippen LogP contribution in [0.5, 0.6) is 0 Å². The van der Waals surface area contributed by atoms with Crippen LogP contribution < -0.4 is 16.4 Å². The Balaban J connectivity index is 2.02. The summed E-state index contributed by atoms with van der Waals surface area (Å²) in [5.41, 5.74) is 5.91. The Bertz CT molecular complexity index is 550. The fourth-order valence-electron chi connectivity index (χ4n) is 2.18. The van der Waals surface area contributed by atoms with Gasteiger partial charge in [-0.1, -0.05) is 0 Å².